The minimum absolute atomic E-state index is 0. The molecule has 0 bridgehead atoms. The van der Waals surface area contributed by atoms with Gasteiger partial charge in [-0.25, -0.2) is 0 Å². The Bertz CT molecular complexity index is 518. The van der Waals surface area contributed by atoms with Gasteiger partial charge in [0.15, 0.2) is 0 Å². The summed E-state index contributed by atoms with van der Waals surface area (Å²) in [5, 5.41) is 7.56. The average Bonchev–Trinajstić information content (AvgIpc) is 2.80. The SMILES string of the molecule is CC(Oc1cncc(-c2ccsc2)c1)[C@H]1CCN1.Cl.Cl. The fraction of sp³-hybridized carbons (Fsp3) is 0.357. The Morgan fingerprint density at radius 3 is 2.75 bits per heavy atom. The van der Waals surface area contributed by atoms with Gasteiger partial charge in [-0.2, -0.15) is 11.3 Å². The summed E-state index contributed by atoms with van der Waals surface area (Å²) in [5.74, 6) is 0.847. The fourth-order valence-corrected chi connectivity index (χ4v) is 2.74. The predicted octanol–water partition coefficient (Wildman–Crippen LogP) is 3.78. The molecule has 6 heteroatoms. The first-order chi connectivity index (χ1) is 8.83. The van der Waals surface area contributed by atoms with Crippen molar-refractivity contribution in [2.75, 3.05) is 6.54 Å². The zero-order valence-corrected chi connectivity index (χ0v) is 13.6. The number of hydrogen-bond acceptors (Lipinski definition) is 4. The number of nitrogens with zero attached hydrogens (tertiary/aromatic N) is 1. The van der Waals surface area contributed by atoms with Gasteiger partial charge >= 0.3 is 0 Å². The molecule has 0 amide bonds. The third kappa shape index (κ3) is 3.85. The van der Waals surface area contributed by atoms with Gasteiger partial charge < -0.3 is 10.1 Å². The van der Waals surface area contributed by atoms with Crippen LogP contribution in [0.2, 0.25) is 0 Å². The fourth-order valence-electron chi connectivity index (χ4n) is 2.08. The molecule has 3 rings (SSSR count). The van der Waals surface area contributed by atoms with Crippen molar-refractivity contribution in [1.29, 1.82) is 0 Å². The van der Waals surface area contributed by atoms with Gasteiger partial charge in [-0.3, -0.25) is 4.98 Å². The second-order valence-electron chi connectivity index (χ2n) is 4.59. The highest BCUT2D eigenvalue weighted by molar-refractivity contribution is 7.08. The van der Waals surface area contributed by atoms with Crippen LogP contribution in [0.5, 0.6) is 5.75 Å². The normalized spacial score (nSPS) is 18.1. The Hall–Kier alpha value is -0.810. The summed E-state index contributed by atoms with van der Waals surface area (Å²) < 4.78 is 5.94. The molecule has 1 aliphatic heterocycles. The molecule has 1 unspecified atom stereocenters. The summed E-state index contributed by atoms with van der Waals surface area (Å²) in [4.78, 5) is 4.26. The Morgan fingerprint density at radius 2 is 2.15 bits per heavy atom. The number of nitrogens with one attached hydrogen (secondary N) is 1. The number of rotatable bonds is 4. The van der Waals surface area contributed by atoms with E-state index in [9.17, 15) is 0 Å². The highest BCUT2D eigenvalue weighted by Crippen LogP contribution is 2.25. The highest BCUT2D eigenvalue weighted by Gasteiger charge is 2.24. The first-order valence-corrected chi connectivity index (χ1v) is 7.15. The van der Waals surface area contributed by atoms with Gasteiger partial charge in [-0.1, -0.05) is 0 Å². The Labute approximate surface area is 135 Å². The summed E-state index contributed by atoms with van der Waals surface area (Å²) in [5.41, 5.74) is 2.31. The molecule has 110 valence electrons. The van der Waals surface area contributed by atoms with Crippen LogP contribution in [-0.2, 0) is 0 Å². The van der Waals surface area contributed by atoms with E-state index in [1.807, 2.05) is 6.20 Å². The second kappa shape index (κ2) is 7.84. The quantitative estimate of drug-likeness (QED) is 0.924. The van der Waals surface area contributed by atoms with Gasteiger partial charge in [0.05, 0.1) is 6.20 Å². The van der Waals surface area contributed by atoms with Crippen LogP contribution in [-0.4, -0.2) is 23.7 Å². The molecular weight excluding hydrogens is 315 g/mol. The van der Waals surface area contributed by atoms with E-state index >= 15 is 0 Å². The van der Waals surface area contributed by atoms with Crippen molar-refractivity contribution in [1.82, 2.24) is 10.3 Å². The average molecular weight is 333 g/mol. The molecule has 1 saturated heterocycles. The van der Waals surface area contributed by atoms with Crippen LogP contribution < -0.4 is 10.1 Å². The maximum atomic E-state index is 5.94. The molecule has 1 fully saturated rings. The van der Waals surface area contributed by atoms with Crippen LogP contribution in [0.4, 0.5) is 0 Å². The van der Waals surface area contributed by atoms with Crippen LogP contribution in [0, 0.1) is 0 Å². The topological polar surface area (TPSA) is 34.1 Å². The van der Waals surface area contributed by atoms with Crippen LogP contribution in [0.3, 0.4) is 0 Å². The van der Waals surface area contributed by atoms with Crippen LogP contribution in [0.25, 0.3) is 11.1 Å². The van der Waals surface area contributed by atoms with Gasteiger partial charge in [-0.15, -0.1) is 24.8 Å². The van der Waals surface area contributed by atoms with E-state index in [0.29, 0.717) is 6.04 Å². The number of halogens is 2. The maximum Gasteiger partial charge on any atom is 0.138 e. The van der Waals surface area contributed by atoms with E-state index in [0.717, 1.165) is 17.9 Å². The van der Waals surface area contributed by atoms with Crippen molar-refractivity contribution in [3.8, 4) is 16.9 Å². The summed E-state index contributed by atoms with van der Waals surface area (Å²) in [6, 6.07) is 4.64. The summed E-state index contributed by atoms with van der Waals surface area (Å²) in [6.45, 7) is 3.21. The monoisotopic (exact) mass is 332 g/mol. The van der Waals surface area contributed by atoms with E-state index in [1.54, 1.807) is 17.5 Å². The Kier molecular flexibility index (Phi) is 6.76. The third-order valence-electron chi connectivity index (χ3n) is 3.32. The van der Waals surface area contributed by atoms with Crippen molar-refractivity contribution in [3.63, 3.8) is 0 Å². The van der Waals surface area contributed by atoms with Crippen molar-refractivity contribution in [2.45, 2.75) is 25.5 Å². The minimum Gasteiger partial charge on any atom is -0.487 e. The van der Waals surface area contributed by atoms with Crippen LogP contribution >= 0.6 is 36.2 Å². The number of pyridine rings is 1. The smallest absolute Gasteiger partial charge is 0.138 e. The van der Waals surface area contributed by atoms with Gasteiger partial charge in [0, 0.05) is 17.8 Å². The van der Waals surface area contributed by atoms with Crippen molar-refractivity contribution in [3.05, 3.63) is 35.3 Å². The first kappa shape index (κ1) is 17.2. The summed E-state index contributed by atoms with van der Waals surface area (Å²) in [6.07, 6.45) is 5.05. The molecular formula is C14H18Cl2N2OS. The maximum absolute atomic E-state index is 5.94. The molecule has 2 aromatic heterocycles. The van der Waals surface area contributed by atoms with E-state index in [4.69, 9.17) is 4.74 Å². The molecule has 20 heavy (non-hydrogen) atoms. The molecule has 1 N–H and O–H groups in total. The predicted molar refractivity (Wildman–Crippen MR) is 88.5 cm³/mol. The number of thiophene rings is 1. The van der Waals surface area contributed by atoms with E-state index in [1.165, 1.54) is 12.0 Å². The van der Waals surface area contributed by atoms with Crippen molar-refractivity contribution < 1.29 is 4.74 Å². The summed E-state index contributed by atoms with van der Waals surface area (Å²) >= 11 is 1.69. The van der Waals surface area contributed by atoms with E-state index < -0.39 is 0 Å². The van der Waals surface area contributed by atoms with E-state index in [2.05, 4.69) is 40.1 Å². The molecule has 3 heterocycles. The largest absolute Gasteiger partial charge is 0.487 e. The third-order valence-corrected chi connectivity index (χ3v) is 4.00. The van der Waals surface area contributed by atoms with Gasteiger partial charge in [0.1, 0.15) is 11.9 Å². The Balaban J connectivity index is 0.000001000. The van der Waals surface area contributed by atoms with Gasteiger partial charge in [0.2, 0.25) is 0 Å². The lowest BCUT2D eigenvalue weighted by atomic mass is 10.0. The summed E-state index contributed by atoms with van der Waals surface area (Å²) in [7, 11) is 0. The van der Waals surface area contributed by atoms with Gasteiger partial charge in [0.25, 0.3) is 0 Å². The number of hydrogen-bond donors (Lipinski definition) is 1. The number of ether oxygens (including phenoxy) is 1. The molecule has 3 nitrogen and oxygen atoms in total. The lowest BCUT2D eigenvalue weighted by molar-refractivity contribution is 0.133. The minimum atomic E-state index is 0. The van der Waals surface area contributed by atoms with E-state index in [-0.39, 0.29) is 30.9 Å². The van der Waals surface area contributed by atoms with Crippen molar-refractivity contribution in [2.24, 2.45) is 0 Å². The zero-order valence-electron chi connectivity index (χ0n) is 11.1. The molecule has 0 aromatic carbocycles. The number of aromatic nitrogens is 1. The first-order valence-electron chi connectivity index (χ1n) is 6.20. The van der Waals surface area contributed by atoms with Gasteiger partial charge in [-0.05, 0) is 48.3 Å². The molecule has 2 atom stereocenters. The van der Waals surface area contributed by atoms with Crippen LogP contribution in [0.1, 0.15) is 13.3 Å². The molecule has 2 aromatic rings. The lowest BCUT2D eigenvalue weighted by Crippen LogP contribution is -2.51. The molecule has 0 aliphatic carbocycles. The highest BCUT2D eigenvalue weighted by atomic mass is 35.5. The molecule has 0 radical (unpaired) electrons. The van der Waals surface area contributed by atoms with Crippen LogP contribution in [0.15, 0.2) is 35.3 Å². The standard InChI is InChI=1S/C14H16N2OS.2ClH/c1-10(14-2-4-16-14)17-13-6-12(7-15-8-13)11-3-5-18-9-11;;/h3,5-10,14,16H,2,4H2,1H3;2*1H/t10?,14-;;/m1../s1. The molecule has 0 spiro atoms. The second-order valence-corrected chi connectivity index (χ2v) is 5.37. The lowest BCUT2D eigenvalue weighted by Gasteiger charge is -2.33. The molecule has 1 aliphatic rings. The Morgan fingerprint density at radius 1 is 1.35 bits per heavy atom. The zero-order chi connectivity index (χ0) is 12.4. The van der Waals surface area contributed by atoms with Crippen molar-refractivity contribution >= 4 is 36.2 Å². The molecule has 0 saturated carbocycles.